The summed E-state index contributed by atoms with van der Waals surface area (Å²) in [5.74, 6) is 1.38. The van der Waals surface area contributed by atoms with Gasteiger partial charge in [0.05, 0.1) is 17.1 Å². The minimum Gasteiger partial charge on any atom is -0.486 e. The summed E-state index contributed by atoms with van der Waals surface area (Å²) < 4.78 is 49.9. The van der Waals surface area contributed by atoms with Gasteiger partial charge < -0.3 is 19.7 Å². The molecule has 2 aliphatic rings. The summed E-state index contributed by atoms with van der Waals surface area (Å²) in [6, 6.07) is 8.25. The van der Waals surface area contributed by atoms with Crippen molar-refractivity contribution in [3.05, 3.63) is 47.1 Å². The maximum atomic E-state index is 12.8. The van der Waals surface area contributed by atoms with Crippen LogP contribution in [0, 0.1) is 5.92 Å². The molecule has 0 saturated carbocycles. The van der Waals surface area contributed by atoms with Gasteiger partial charge in [-0.2, -0.15) is 13.2 Å². The lowest BCUT2D eigenvalue weighted by Crippen LogP contribution is -2.45. The number of anilines is 1. The molecule has 1 N–H and O–H groups in total. The Morgan fingerprint density at radius 1 is 1.23 bits per heavy atom. The van der Waals surface area contributed by atoms with Gasteiger partial charge in [0.25, 0.3) is 0 Å². The van der Waals surface area contributed by atoms with Crippen molar-refractivity contribution in [3.63, 3.8) is 0 Å². The quantitative estimate of drug-likeness (QED) is 0.757. The predicted octanol–water partition coefficient (Wildman–Crippen LogP) is 3.93. The standard InChI is InChI=1S/C21H21ClF3N3O3/c22-16-9-14(21(23,24)25)10-26-19(16)28-7-5-13(6-8-28)20(29)27-11-15-12-30-17-3-1-2-4-18(17)31-15/h1-4,9-10,13,15H,5-8,11-12H2,(H,27,29)/t15-/m0/s1. The van der Waals surface area contributed by atoms with Crippen LogP contribution in [0.5, 0.6) is 11.5 Å². The van der Waals surface area contributed by atoms with Gasteiger partial charge in [0.2, 0.25) is 5.91 Å². The predicted molar refractivity (Wildman–Crippen MR) is 109 cm³/mol. The summed E-state index contributed by atoms with van der Waals surface area (Å²) in [5.41, 5.74) is -0.882. The number of hydrogen-bond acceptors (Lipinski definition) is 5. The summed E-state index contributed by atoms with van der Waals surface area (Å²) in [5, 5.41) is 2.87. The third kappa shape index (κ3) is 4.98. The first-order valence-electron chi connectivity index (χ1n) is 9.95. The molecule has 31 heavy (non-hydrogen) atoms. The van der Waals surface area contributed by atoms with Crippen LogP contribution in [0.4, 0.5) is 19.0 Å². The van der Waals surface area contributed by atoms with Crippen LogP contribution >= 0.6 is 11.6 Å². The number of para-hydroxylation sites is 2. The van der Waals surface area contributed by atoms with Crippen molar-refractivity contribution in [1.82, 2.24) is 10.3 Å². The second-order valence-corrected chi connectivity index (χ2v) is 7.94. The maximum absolute atomic E-state index is 12.8. The monoisotopic (exact) mass is 455 g/mol. The van der Waals surface area contributed by atoms with E-state index in [4.69, 9.17) is 21.1 Å². The van der Waals surface area contributed by atoms with Crippen LogP contribution in [0.3, 0.4) is 0 Å². The molecule has 0 unspecified atom stereocenters. The Bertz CT molecular complexity index is 949. The zero-order chi connectivity index (χ0) is 22.0. The molecular weight excluding hydrogens is 435 g/mol. The van der Waals surface area contributed by atoms with Gasteiger partial charge >= 0.3 is 6.18 Å². The normalized spacial score (nSPS) is 19.2. The lowest BCUT2D eigenvalue weighted by atomic mass is 9.96. The maximum Gasteiger partial charge on any atom is 0.417 e. The van der Waals surface area contributed by atoms with Crippen molar-refractivity contribution >= 4 is 23.3 Å². The third-order valence-corrected chi connectivity index (χ3v) is 5.66. The molecule has 1 aromatic carbocycles. The van der Waals surface area contributed by atoms with Gasteiger partial charge in [-0.25, -0.2) is 4.98 Å². The number of carbonyl (C=O) groups excluding carboxylic acids is 1. The largest absolute Gasteiger partial charge is 0.486 e. The number of alkyl halides is 3. The fraction of sp³-hybridized carbons (Fsp3) is 0.429. The average molecular weight is 456 g/mol. The third-order valence-electron chi connectivity index (χ3n) is 5.39. The number of nitrogens with zero attached hydrogens (tertiary/aromatic N) is 2. The number of hydrogen-bond donors (Lipinski definition) is 1. The number of fused-ring (bicyclic) bond motifs is 1. The molecule has 3 heterocycles. The van der Waals surface area contributed by atoms with Gasteiger partial charge in [0.15, 0.2) is 11.5 Å². The number of amides is 1. The second kappa shape index (κ2) is 8.82. The molecule has 0 aliphatic carbocycles. The lowest BCUT2D eigenvalue weighted by molar-refractivity contribution is -0.137. The minimum absolute atomic E-state index is 0.0487. The Morgan fingerprint density at radius 2 is 1.94 bits per heavy atom. The highest BCUT2D eigenvalue weighted by Gasteiger charge is 2.33. The summed E-state index contributed by atoms with van der Waals surface area (Å²) in [6.45, 7) is 1.65. The first kappa shape index (κ1) is 21.5. The van der Waals surface area contributed by atoms with Crippen molar-refractivity contribution < 1.29 is 27.4 Å². The van der Waals surface area contributed by atoms with Crippen LogP contribution in [0.1, 0.15) is 18.4 Å². The van der Waals surface area contributed by atoms with Crippen molar-refractivity contribution in [1.29, 1.82) is 0 Å². The van der Waals surface area contributed by atoms with Crippen LogP contribution in [0.25, 0.3) is 0 Å². The van der Waals surface area contributed by atoms with E-state index in [-0.39, 0.29) is 23.0 Å². The fourth-order valence-corrected chi connectivity index (χ4v) is 3.98. The van der Waals surface area contributed by atoms with Gasteiger partial charge in [-0.3, -0.25) is 4.79 Å². The number of carbonyl (C=O) groups is 1. The first-order chi connectivity index (χ1) is 14.8. The highest BCUT2D eigenvalue weighted by molar-refractivity contribution is 6.33. The summed E-state index contributed by atoms with van der Waals surface area (Å²) in [7, 11) is 0. The molecule has 1 aromatic heterocycles. The molecule has 166 valence electrons. The molecule has 2 aromatic rings. The van der Waals surface area contributed by atoms with E-state index in [2.05, 4.69) is 10.3 Å². The van der Waals surface area contributed by atoms with Crippen LogP contribution in [0.2, 0.25) is 5.02 Å². The van der Waals surface area contributed by atoms with Gasteiger partial charge in [-0.1, -0.05) is 23.7 Å². The molecule has 1 saturated heterocycles. The van der Waals surface area contributed by atoms with Gasteiger partial charge in [0.1, 0.15) is 18.5 Å². The topological polar surface area (TPSA) is 63.7 Å². The highest BCUT2D eigenvalue weighted by atomic mass is 35.5. The van der Waals surface area contributed by atoms with E-state index in [9.17, 15) is 18.0 Å². The molecule has 2 aliphatic heterocycles. The zero-order valence-electron chi connectivity index (χ0n) is 16.5. The van der Waals surface area contributed by atoms with E-state index >= 15 is 0 Å². The number of halogens is 4. The Hall–Kier alpha value is -2.68. The molecule has 1 atom stereocenters. The molecular formula is C21H21ClF3N3O3. The highest BCUT2D eigenvalue weighted by Crippen LogP contribution is 2.35. The number of nitrogens with one attached hydrogen (secondary N) is 1. The molecule has 1 amide bonds. The summed E-state index contributed by atoms with van der Waals surface area (Å²) >= 11 is 6.03. The van der Waals surface area contributed by atoms with Gasteiger partial charge in [0, 0.05) is 25.2 Å². The molecule has 10 heteroatoms. The van der Waals surface area contributed by atoms with Crippen LogP contribution in [-0.4, -0.2) is 43.2 Å². The van der Waals surface area contributed by atoms with Crippen LogP contribution in [-0.2, 0) is 11.0 Å². The summed E-state index contributed by atoms with van der Waals surface area (Å²) in [6.07, 6.45) is -2.88. The van der Waals surface area contributed by atoms with Crippen molar-refractivity contribution in [2.24, 2.45) is 5.92 Å². The average Bonchev–Trinajstić information content (AvgIpc) is 2.77. The zero-order valence-corrected chi connectivity index (χ0v) is 17.2. The Kier molecular flexibility index (Phi) is 6.13. The molecule has 1 fully saturated rings. The van der Waals surface area contributed by atoms with E-state index in [0.29, 0.717) is 56.4 Å². The number of piperidine rings is 1. The van der Waals surface area contributed by atoms with Crippen LogP contribution < -0.4 is 19.7 Å². The Morgan fingerprint density at radius 3 is 2.61 bits per heavy atom. The fourth-order valence-electron chi connectivity index (χ4n) is 3.69. The van der Waals surface area contributed by atoms with E-state index in [1.54, 1.807) is 4.90 Å². The van der Waals surface area contributed by atoms with E-state index in [0.717, 1.165) is 12.3 Å². The number of pyridine rings is 1. The number of aromatic nitrogens is 1. The molecule has 0 spiro atoms. The minimum atomic E-state index is -4.49. The van der Waals surface area contributed by atoms with Crippen molar-refractivity contribution in [2.75, 3.05) is 31.1 Å². The van der Waals surface area contributed by atoms with Crippen molar-refractivity contribution in [2.45, 2.75) is 25.1 Å². The molecule has 6 nitrogen and oxygen atoms in total. The van der Waals surface area contributed by atoms with E-state index < -0.39 is 11.7 Å². The lowest BCUT2D eigenvalue weighted by Gasteiger charge is -2.33. The Labute approximate surface area is 182 Å². The Balaban J connectivity index is 1.27. The number of benzene rings is 1. The number of ether oxygens (including phenoxy) is 2. The van der Waals surface area contributed by atoms with Gasteiger partial charge in [-0.15, -0.1) is 0 Å². The first-order valence-corrected chi connectivity index (χ1v) is 10.3. The van der Waals surface area contributed by atoms with E-state index in [1.807, 2.05) is 24.3 Å². The molecule has 0 radical (unpaired) electrons. The van der Waals surface area contributed by atoms with E-state index in [1.165, 1.54) is 0 Å². The van der Waals surface area contributed by atoms with Crippen LogP contribution in [0.15, 0.2) is 36.5 Å². The molecule has 4 rings (SSSR count). The van der Waals surface area contributed by atoms with Gasteiger partial charge in [-0.05, 0) is 31.0 Å². The second-order valence-electron chi connectivity index (χ2n) is 7.53. The summed E-state index contributed by atoms with van der Waals surface area (Å²) in [4.78, 5) is 18.3. The molecule has 0 bridgehead atoms. The SMILES string of the molecule is O=C(NC[C@H]1COc2ccccc2O1)C1CCN(c2ncc(C(F)(F)F)cc2Cl)CC1. The number of rotatable bonds is 4. The van der Waals surface area contributed by atoms with Crippen molar-refractivity contribution in [3.8, 4) is 11.5 Å². The smallest absolute Gasteiger partial charge is 0.417 e.